The van der Waals surface area contributed by atoms with Crippen LogP contribution in [0.1, 0.15) is 34.8 Å². The second kappa shape index (κ2) is 10.9. The van der Waals surface area contributed by atoms with Gasteiger partial charge in [-0.2, -0.15) is 0 Å². The SMILES string of the molecule is C=C(CCNC(=O)c1cccc(NCC)c1)NC(=O)COc1ccc(C)c(C)c1. The summed E-state index contributed by atoms with van der Waals surface area (Å²) in [6.07, 6.45) is 0.439. The van der Waals surface area contributed by atoms with Crippen molar-refractivity contribution in [2.24, 2.45) is 0 Å². The van der Waals surface area contributed by atoms with Crippen LogP contribution in [0.15, 0.2) is 54.7 Å². The molecule has 0 bridgehead atoms. The molecule has 2 rings (SSSR count). The minimum Gasteiger partial charge on any atom is -0.484 e. The fourth-order valence-corrected chi connectivity index (χ4v) is 2.65. The third-order valence-electron chi connectivity index (χ3n) is 4.38. The van der Waals surface area contributed by atoms with Gasteiger partial charge in [0.2, 0.25) is 0 Å². The lowest BCUT2D eigenvalue weighted by Gasteiger charge is -2.11. The second-order valence-electron chi connectivity index (χ2n) is 6.80. The van der Waals surface area contributed by atoms with E-state index in [1.54, 1.807) is 12.1 Å². The molecule has 2 aromatic rings. The number of anilines is 1. The van der Waals surface area contributed by atoms with Gasteiger partial charge in [0.15, 0.2) is 6.61 Å². The Kier molecular flexibility index (Phi) is 8.27. The molecular formula is C23H29N3O3. The van der Waals surface area contributed by atoms with E-state index in [1.807, 2.05) is 51.1 Å². The zero-order chi connectivity index (χ0) is 21.2. The molecule has 0 heterocycles. The maximum absolute atomic E-state index is 12.2. The maximum Gasteiger partial charge on any atom is 0.262 e. The third kappa shape index (κ3) is 7.33. The summed E-state index contributed by atoms with van der Waals surface area (Å²) in [6, 6.07) is 13.0. The standard InChI is InChI=1S/C23H29N3O3/c1-5-24-20-8-6-7-19(14-20)23(28)25-12-11-18(4)26-22(27)15-29-21-10-9-16(2)17(3)13-21/h6-10,13-14,24H,4-5,11-12,15H2,1-3H3,(H,25,28)(H,26,27). The first-order valence-electron chi connectivity index (χ1n) is 9.69. The van der Waals surface area contributed by atoms with Crippen molar-refractivity contribution in [3.05, 3.63) is 71.4 Å². The molecule has 3 N–H and O–H groups in total. The predicted octanol–water partition coefficient (Wildman–Crippen LogP) is 3.56. The fraction of sp³-hybridized carbons (Fsp3) is 0.304. The number of hydrogen-bond acceptors (Lipinski definition) is 4. The normalized spacial score (nSPS) is 10.2. The van der Waals surface area contributed by atoms with E-state index < -0.39 is 0 Å². The predicted molar refractivity (Wildman–Crippen MR) is 116 cm³/mol. The van der Waals surface area contributed by atoms with Crippen molar-refractivity contribution >= 4 is 17.5 Å². The molecule has 0 radical (unpaired) electrons. The summed E-state index contributed by atoms with van der Waals surface area (Å²) in [4.78, 5) is 24.2. The summed E-state index contributed by atoms with van der Waals surface area (Å²) >= 11 is 0. The van der Waals surface area contributed by atoms with Gasteiger partial charge in [-0.3, -0.25) is 9.59 Å². The summed E-state index contributed by atoms with van der Waals surface area (Å²) in [5, 5.41) is 8.70. The summed E-state index contributed by atoms with van der Waals surface area (Å²) < 4.78 is 5.51. The molecule has 2 aromatic carbocycles. The van der Waals surface area contributed by atoms with Crippen molar-refractivity contribution < 1.29 is 14.3 Å². The van der Waals surface area contributed by atoms with Crippen LogP contribution in [0.5, 0.6) is 5.75 Å². The number of aryl methyl sites for hydroxylation is 2. The molecule has 0 saturated carbocycles. The molecule has 6 heteroatoms. The van der Waals surface area contributed by atoms with E-state index in [9.17, 15) is 9.59 Å². The van der Waals surface area contributed by atoms with Crippen LogP contribution < -0.4 is 20.7 Å². The van der Waals surface area contributed by atoms with Crippen molar-refractivity contribution in [1.29, 1.82) is 0 Å². The minimum atomic E-state index is -0.280. The molecule has 0 spiro atoms. The van der Waals surface area contributed by atoms with Crippen LogP contribution in [-0.4, -0.2) is 31.5 Å². The molecule has 0 aliphatic rings. The summed E-state index contributed by atoms with van der Waals surface area (Å²) in [6.45, 7) is 10.9. The van der Waals surface area contributed by atoms with Gasteiger partial charge in [0, 0.05) is 36.5 Å². The number of carbonyl (C=O) groups excluding carboxylic acids is 2. The smallest absolute Gasteiger partial charge is 0.262 e. The van der Waals surface area contributed by atoms with Gasteiger partial charge in [0.25, 0.3) is 11.8 Å². The van der Waals surface area contributed by atoms with Gasteiger partial charge in [0.1, 0.15) is 5.75 Å². The first kappa shape index (κ1) is 22.0. The Morgan fingerprint density at radius 2 is 1.86 bits per heavy atom. The molecule has 154 valence electrons. The third-order valence-corrected chi connectivity index (χ3v) is 4.38. The highest BCUT2D eigenvalue weighted by atomic mass is 16.5. The fourth-order valence-electron chi connectivity index (χ4n) is 2.65. The van der Waals surface area contributed by atoms with Gasteiger partial charge < -0.3 is 20.7 Å². The van der Waals surface area contributed by atoms with Gasteiger partial charge in [-0.05, 0) is 62.2 Å². The minimum absolute atomic E-state index is 0.0922. The van der Waals surface area contributed by atoms with E-state index in [1.165, 1.54) is 5.56 Å². The Bertz CT molecular complexity index is 877. The maximum atomic E-state index is 12.2. The van der Waals surface area contributed by atoms with Crippen LogP contribution in [0.25, 0.3) is 0 Å². The number of hydrogen-bond donors (Lipinski definition) is 3. The van der Waals surface area contributed by atoms with Crippen molar-refractivity contribution in [2.45, 2.75) is 27.2 Å². The molecule has 2 amide bonds. The van der Waals surface area contributed by atoms with E-state index in [2.05, 4.69) is 22.5 Å². The summed E-state index contributed by atoms with van der Waals surface area (Å²) in [5.74, 6) is 0.209. The van der Waals surface area contributed by atoms with Gasteiger partial charge >= 0.3 is 0 Å². The van der Waals surface area contributed by atoms with Crippen molar-refractivity contribution in [3.8, 4) is 5.75 Å². The molecule has 0 saturated heterocycles. The lowest BCUT2D eigenvalue weighted by atomic mass is 10.1. The molecule has 6 nitrogen and oxygen atoms in total. The topological polar surface area (TPSA) is 79.5 Å². The molecule has 0 aromatic heterocycles. The molecule has 29 heavy (non-hydrogen) atoms. The first-order valence-corrected chi connectivity index (χ1v) is 9.69. The Morgan fingerprint density at radius 1 is 1.07 bits per heavy atom. The number of rotatable bonds is 10. The number of amides is 2. The van der Waals surface area contributed by atoms with E-state index in [0.29, 0.717) is 30.0 Å². The van der Waals surface area contributed by atoms with Crippen LogP contribution in [-0.2, 0) is 4.79 Å². The zero-order valence-electron chi connectivity index (χ0n) is 17.3. The molecular weight excluding hydrogens is 366 g/mol. The highest BCUT2D eigenvalue weighted by Crippen LogP contribution is 2.16. The molecule has 0 unspecified atom stereocenters. The number of ether oxygens (including phenoxy) is 1. The monoisotopic (exact) mass is 395 g/mol. The van der Waals surface area contributed by atoms with Crippen LogP contribution in [0.2, 0.25) is 0 Å². The first-order chi connectivity index (χ1) is 13.9. The van der Waals surface area contributed by atoms with Gasteiger partial charge in [-0.1, -0.05) is 18.7 Å². The second-order valence-corrected chi connectivity index (χ2v) is 6.80. The molecule has 0 aliphatic heterocycles. The Morgan fingerprint density at radius 3 is 2.59 bits per heavy atom. The van der Waals surface area contributed by atoms with E-state index in [0.717, 1.165) is 17.8 Å². The van der Waals surface area contributed by atoms with Crippen LogP contribution >= 0.6 is 0 Å². The van der Waals surface area contributed by atoms with Crippen LogP contribution in [0, 0.1) is 13.8 Å². The van der Waals surface area contributed by atoms with Crippen molar-refractivity contribution in [3.63, 3.8) is 0 Å². The van der Waals surface area contributed by atoms with Crippen molar-refractivity contribution in [2.75, 3.05) is 25.0 Å². The average Bonchev–Trinajstić information content (AvgIpc) is 2.69. The summed E-state index contributed by atoms with van der Waals surface area (Å²) in [5.41, 5.74) is 4.30. The Balaban J connectivity index is 1.70. The number of carbonyl (C=O) groups is 2. The average molecular weight is 396 g/mol. The van der Waals surface area contributed by atoms with E-state index in [4.69, 9.17) is 4.74 Å². The van der Waals surface area contributed by atoms with Gasteiger partial charge in [-0.15, -0.1) is 0 Å². The summed E-state index contributed by atoms with van der Waals surface area (Å²) in [7, 11) is 0. The number of benzene rings is 2. The zero-order valence-corrected chi connectivity index (χ0v) is 17.3. The van der Waals surface area contributed by atoms with Crippen molar-refractivity contribution in [1.82, 2.24) is 10.6 Å². The molecule has 0 atom stereocenters. The largest absolute Gasteiger partial charge is 0.484 e. The van der Waals surface area contributed by atoms with E-state index in [-0.39, 0.29) is 18.4 Å². The Labute approximate surface area is 172 Å². The number of nitrogens with one attached hydrogen (secondary N) is 3. The molecule has 0 aliphatic carbocycles. The lowest BCUT2D eigenvalue weighted by molar-refractivity contribution is -0.122. The lowest BCUT2D eigenvalue weighted by Crippen LogP contribution is -2.31. The van der Waals surface area contributed by atoms with Crippen LogP contribution in [0.3, 0.4) is 0 Å². The van der Waals surface area contributed by atoms with Crippen LogP contribution in [0.4, 0.5) is 5.69 Å². The van der Waals surface area contributed by atoms with Gasteiger partial charge in [0.05, 0.1) is 0 Å². The molecule has 0 fully saturated rings. The van der Waals surface area contributed by atoms with E-state index >= 15 is 0 Å². The Hall–Kier alpha value is -3.28. The highest BCUT2D eigenvalue weighted by molar-refractivity contribution is 5.95. The quantitative estimate of drug-likeness (QED) is 0.575. The van der Waals surface area contributed by atoms with Gasteiger partial charge in [-0.25, -0.2) is 0 Å². The highest BCUT2D eigenvalue weighted by Gasteiger charge is 2.08.